The number of carbonyl (C=O) groups excluding carboxylic acids is 2. The summed E-state index contributed by atoms with van der Waals surface area (Å²) in [6.45, 7) is -0.0726. The van der Waals surface area contributed by atoms with Gasteiger partial charge in [0.05, 0.1) is 18.3 Å². The van der Waals surface area contributed by atoms with Crippen molar-refractivity contribution in [1.29, 1.82) is 0 Å². The molecule has 0 aromatic heterocycles. The van der Waals surface area contributed by atoms with Crippen LogP contribution in [-0.2, 0) is 14.4 Å². The summed E-state index contributed by atoms with van der Waals surface area (Å²) < 4.78 is 0. The highest BCUT2D eigenvalue weighted by molar-refractivity contribution is 5.85. The molecule has 0 saturated heterocycles. The lowest BCUT2D eigenvalue weighted by atomic mass is 10.2. The number of hydrogen-bond acceptors (Lipinski definition) is 3. The van der Waals surface area contributed by atoms with Crippen molar-refractivity contribution in [2.45, 2.75) is 12.8 Å². The van der Waals surface area contributed by atoms with Crippen LogP contribution in [0.15, 0.2) is 0 Å². The summed E-state index contributed by atoms with van der Waals surface area (Å²) in [6.07, 6.45) is 1.27. The van der Waals surface area contributed by atoms with Gasteiger partial charge in [0.15, 0.2) is 5.78 Å². The second kappa shape index (κ2) is 5.21. The van der Waals surface area contributed by atoms with Crippen molar-refractivity contribution < 1.29 is 19.5 Å². The lowest BCUT2D eigenvalue weighted by Gasteiger charge is -1.97. The van der Waals surface area contributed by atoms with E-state index in [9.17, 15) is 14.4 Å². The summed E-state index contributed by atoms with van der Waals surface area (Å²) in [5.74, 6) is -1.29. The van der Waals surface area contributed by atoms with Gasteiger partial charge >= 0.3 is 12.4 Å². The number of rotatable bonds is 6. The molecule has 0 aliphatic heterocycles. The molecule has 0 aliphatic rings. The Hall–Kier alpha value is -1.48. The normalized spacial score (nSPS) is 8.75. The van der Waals surface area contributed by atoms with Gasteiger partial charge in [0, 0.05) is 6.42 Å². The zero-order chi connectivity index (χ0) is 9.56. The largest absolute Gasteiger partial charge is 0.667 e. The van der Waals surface area contributed by atoms with Crippen molar-refractivity contribution in [2.24, 2.45) is 0 Å². The number of amides is 1. The fourth-order valence-corrected chi connectivity index (χ4v) is 0.622. The minimum absolute atomic E-state index is 0.0403. The monoisotopic (exact) mass is 172 g/mol. The van der Waals surface area contributed by atoms with E-state index in [1.165, 1.54) is 13.5 Å². The third kappa shape index (κ3) is 5.32. The summed E-state index contributed by atoms with van der Waals surface area (Å²) in [5.41, 5.74) is 0. The Labute approximate surface area is 70.0 Å². The molecule has 0 bridgehead atoms. The van der Waals surface area contributed by atoms with E-state index < -0.39 is 5.97 Å². The first-order chi connectivity index (χ1) is 5.56. The van der Waals surface area contributed by atoms with E-state index in [4.69, 9.17) is 5.11 Å². The van der Waals surface area contributed by atoms with Crippen LogP contribution in [0.1, 0.15) is 12.8 Å². The molecule has 0 aliphatic carbocycles. The quantitative estimate of drug-likeness (QED) is 0.429. The fourth-order valence-electron chi connectivity index (χ4n) is 0.622. The topological polar surface area (TPSA) is 74.7 Å². The highest BCUT2D eigenvalue weighted by Crippen LogP contribution is 1.91. The molecule has 0 radical (unpaired) electrons. The van der Waals surface area contributed by atoms with Crippen molar-refractivity contribution in [3.8, 4) is 0 Å². The summed E-state index contributed by atoms with van der Waals surface area (Å²) in [5, 5.41) is 8.21. The standard InChI is InChI=1S/C7H9NO4/c1-8(5-9)4-6(10)2-3-7(11)12/h2-4H2,1H3/p+1. The average Bonchev–Trinajstić information content (AvgIpc) is 2.00. The first-order valence-corrected chi connectivity index (χ1v) is 3.38. The lowest BCUT2D eigenvalue weighted by molar-refractivity contribution is -0.138. The first kappa shape index (κ1) is 10.5. The van der Waals surface area contributed by atoms with Crippen molar-refractivity contribution in [3.05, 3.63) is 0 Å². The smallest absolute Gasteiger partial charge is 0.481 e. The fraction of sp³-hybridized carbons (Fsp3) is 0.571. The van der Waals surface area contributed by atoms with Crippen molar-refractivity contribution in [1.82, 2.24) is 4.90 Å². The Balaban J connectivity index is 3.59. The zero-order valence-electron chi connectivity index (χ0n) is 6.74. The number of carboxylic acids is 1. The van der Waals surface area contributed by atoms with Crippen LogP contribution >= 0.6 is 0 Å². The van der Waals surface area contributed by atoms with Crippen LogP contribution in [-0.4, -0.2) is 41.8 Å². The van der Waals surface area contributed by atoms with Crippen LogP contribution in [0.5, 0.6) is 0 Å². The second-order valence-corrected chi connectivity index (χ2v) is 2.38. The lowest BCUT2D eigenvalue weighted by Crippen LogP contribution is -2.24. The SMILES string of the molecule is CN([C+]=O)CC(=O)CCC(=O)O. The molecule has 0 rings (SSSR count). The van der Waals surface area contributed by atoms with Crippen LogP contribution in [0.4, 0.5) is 0 Å². The van der Waals surface area contributed by atoms with E-state index in [0.717, 1.165) is 4.90 Å². The van der Waals surface area contributed by atoms with E-state index in [-0.39, 0.29) is 25.2 Å². The average molecular weight is 172 g/mol. The van der Waals surface area contributed by atoms with Gasteiger partial charge in [-0.15, -0.1) is 4.90 Å². The molecule has 12 heavy (non-hydrogen) atoms. The minimum atomic E-state index is -1.01. The molecule has 1 N–H and O–H groups in total. The maximum atomic E-state index is 10.8. The third-order valence-electron chi connectivity index (χ3n) is 1.19. The van der Waals surface area contributed by atoms with Gasteiger partial charge in [-0.1, -0.05) is 0 Å². The molecule has 0 aromatic rings. The van der Waals surface area contributed by atoms with Crippen molar-refractivity contribution >= 4 is 18.2 Å². The molecule has 0 aromatic carbocycles. The van der Waals surface area contributed by atoms with E-state index in [2.05, 4.69) is 0 Å². The van der Waals surface area contributed by atoms with E-state index >= 15 is 0 Å². The van der Waals surface area contributed by atoms with Crippen LogP contribution in [0.2, 0.25) is 0 Å². The molecular weight excluding hydrogens is 162 g/mol. The molecule has 0 saturated carbocycles. The first-order valence-electron chi connectivity index (χ1n) is 3.38. The molecule has 5 nitrogen and oxygen atoms in total. The molecule has 0 atom stereocenters. The van der Waals surface area contributed by atoms with Gasteiger partial charge in [-0.25, -0.2) is 0 Å². The number of ketones is 1. The molecule has 0 spiro atoms. The van der Waals surface area contributed by atoms with Gasteiger partial charge in [-0.2, -0.15) is 0 Å². The predicted octanol–water partition coefficient (Wildman–Crippen LogP) is -0.581. The Morgan fingerprint density at radius 1 is 1.42 bits per heavy atom. The van der Waals surface area contributed by atoms with Gasteiger partial charge < -0.3 is 5.11 Å². The Morgan fingerprint density at radius 3 is 2.42 bits per heavy atom. The van der Waals surface area contributed by atoms with Gasteiger partial charge in [0.2, 0.25) is 0 Å². The predicted molar refractivity (Wildman–Crippen MR) is 40.2 cm³/mol. The van der Waals surface area contributed by atoms with E-state index in [0.29, 0.717) is 0 Å². The maximum absolute atomic E-state index is 10.8. The Bertz CT molecular complexity index is 190. The number of nitrogens with zero attached hydrogens (tertiary/aromatic N) is 1. The van der Waals surface area contributed by atoms with Crippen LogP contribution in [0.25, 0.3) is 0 Å². The number of Topliss-reactive ketones (excluding diaryl/α,β-unsaturated/α-hetero) is 1. The second-order valence-electron chi connectivity index (χ2n) is 2.38. The maximum Gasteiger partial charge on any atom is 0.667 e. The highest BCUT2D eigenvalue weighted by atomic mass is 16.4. The summed E-state index contributed by atoms with van der Waals surface area (Å²) >= 11 is 0. The van der Waals surface area contributed by atoms with Crippen molar-refractivity contribution in [2.75, 3.05) is 13.6 Å². The van der Waals surface area contributed by atoms with Gasteiger partial charge in [-0.3, -0.25) is 9.59 Å². The Kier molecular flexibility index (Phi) is 4.57. The molecule has 0 unspecified atom stereocenters. The number of likely N-dealkylation sites (N-methyl/N-ethyl adjacent to an activating group) is 1. The van der Waals surface area contributed by atoms with E-state index in [1.54, 1.807) is 0 Å². The minimum Gasteiger partial charge on any atom is -0.481 e. The summed E-state index contributed by atoms with van der Waals surface area (Å²) in [7, 11) is 1.41. The molecule has 1 amide bonds. The number of carboxylic acid groups (broad SMARTS) is 1. The number of carbonyl (C=O) groups is 2. The number of aliphatic carboxylic acids is 1. The van der Waals surface area contributed by atoms with Crippen LogP contribution < -0.4 is 0 Å². The molecule has 5 heteroatoms. The van der Waals surface area contributed by atoms with Gasteiger partial charge in [0.25, 0.3) is 0 Å². The van der Waals surface area contributed by atoms with Crippen LogP contribution in [0, 0.1) is 0 Å². The molecule has 66 valence electrons. The highest BCUT2D eigenvalue weighted by Gasteiger charge is 2.14. The van der Waals surface area contributed by atoms with Crippen LogP contribution in [0.3, 0.4) is 0 Å². The van der Waals surface area contributed by atoms with E-state index in [1.807, 2.05) is 0 Å². The van der Waals surface area contributed by atoms with Crippen molar-refractivity contribution in [3.63, 3.8) is 0 Å². The molecule has 0 fully saturated rings. The Morgan fingerprint density at radius 2 is 2.00 bits per heavy atom. The summed E-state index contributed by atoms with van der Waals surface area (Å²) in [4.78, 5) is 31.8. The van der Waals surface area contributed by atoms with Gasteiger partial charge in [0.1, 0.15) is 6.54 Å². The molecule has 0 heterocycles. The zero-order valence-corrected chi connectivity index (χ0v) is 6.74. The molecular formula is C7H10NO4+. The summed E-state index contributed by atoms with van der Waals surface area (Å²) in [6, 6.07) is 0. The third-order valence-corrected chi connectivity index (χ3v) is 1.19. The number of hydrogen-bond donors (Lipinski definition) is 1. The van der Waals surface area contributed by atoms with Gasteiger partial charge in [-0.05, 0) is 0 Å².